The summed E-state index contributed by atoms with van der Waals surface area (Å²) in [5.41, 5.74) is 0. The molecule has 1 rings (SSSR count). The van der Waals surface area contributed by atoms with Crippen LogP contribution in [0, 0.1) is 0 Å². The first kappa shape index (κ1) is 15.9. The van der Waals surface area contributed by atoms with E-state index in [9.17, 15) is 14.4 Å². The molecule has 0 bridgehead atoms. The molecule has 1 aromatic rings. The first-order chi connectivity index (χ1) is 9.49. The molecule has 9 heteroatoms. The Labute approximate surface area is 119 Å². The molecule has 0 fully saturated rings. The summed E-state index contributed by atoms with van der Waals surface area (Å²) in [5, 5.41) is 13.6. The highest BCUT2D eigenvalue weighted by molar-refractivity contribution is 8.00. The predicted octanol–water partition coefficient (Wildman–Crippen LogP) is -0.262. The van der Waals surface area contributed by atoms with Gasteiger partial charge in [0.25, 0.3) is 0 Å². The fourth-order valence-electron chi connectivity index (χ4n) is 1.21. The van der Waals surface area contributed by atoms with Crippen LogP contribution >= 0.6 is 11.8 Å². The molecule has 0 radical (unpaired) electrons. The Hall–Kier alpha value is -2.16. The normalized spacial score (nSPS) is 11.4. The maximum Gasteiger partial charge on any atom is 0.327 e. The first-order valence-corrected chi connectivity index (χ1v) is 6.79. The first-order valence-electron chi connectivity index (χ1n) is 5.63. The Bertz CT molecular complexity index is 483. The van der Waals surface area contributed by atoms with Gasteiger partial charge in [-0.05, 0) is 6.07 Å². The average Bonchev–Trinajstić information content (AvgIpc) is 2.38. The number of nitrogens with one attached hydrogen (secondary N) is 2. The molecule has 0 spiro atoms. The molecule has 2 amide bonds. The fraction of sp³-hybridized carbons (Fsp3) is 0.364. The molecule has 108 valence electrons. The zero-order valence-electron chi connectivity index (χ0n) is 10.7. The van der Waals surface area contributed by atoms with Crippen molar-refractivity contribution in [2.75, 3.05) is 16.8 Å². The number of carboxylic acid groups (broad SMARTS) is 1. The van der Waals surface area contributed by atoms with Gasteiger partial charge in [0.05, 0.1) is 5.75 Å². The van der Waals surface area contributed by atoms with Crippen LogP contribution in [0.2, 0.25) is 0 Å². The van der Waals surface area contributed by atoms with Gasteiger partial charge in [-0.3, -0.25) is 14.9 Å². The molecule has 1 heterocycles. The Morgan fingerprint density at radius 2 is 2.00 bits per heavy atom. The van der Waals surface area contributed by atoms with Gasteiger partial charge in [0, 0.05) is 25.1 Å². The van der Waals surface area contributed by atoms with Crippen molar-refractivity contribution < 1.29 is 19.5 Å². The minimum Gasteiger partial charge on any atom is -0.480 e. The SMILES string of the molecule is CC(=O)N[C@@H](CSCC(=O)Nc1ncccn1)C(=O)O. The Balaban J connectivity index is 2.33. The number of aliphatic carboxylic acids is 1. The van der Waals surface area contributed by atoms with Crippen LogP contribution in [0.3, 0.4) is 0 Å². The van der Waals surface area contributed by atoms with E-state index in [1.807, 2.05) is 0 Å². The number of thioether (sulfide) groups is 1. The lowest BCUT2D eigenvalue weighted by Crippen LogP contribution is -2.41. The van der Waals surface area contributed by atoms with Crippen molar-refractivity contribution >= 4 is 35.5 Å². The van der Waals surface area contributed by atoms with Gasteiger partial charge in [-0.2, -0.15) is 0 Å². The Morgan fingerprint density at radius 3 is 2.55 bits per heavy atom. The molecule has 1 aromatic heterocycles. The van der Waals surface area contributed by atoms with Crippen molar-refractivity contribution in [1.82, 2.24) is 15.3 Å². The summed E-state index contributed by atoms with van der Waals surface area (Å²) in [4.78, 5) is 40.9. The molecule has 0 saturated carbocycles. The van der Waals surface area contributed by atoms with Crippen LogP contribution in [0.1, 0.15) is 6.92 Å². The van der Waals surface area contributed by atoms with Crippen LogP contribution in [-0.4, -0.2) is 50.4 Å². The number of carboxylic acids is 1. The third kappa shape index (κ3) is 6.14. The molecule has 20 heavy (non-hydrogen) atoms. The summed E-state index contributed by atoms with van der Waals surface area (Å²) in [6.07, 6.45) is 2.99. The molecule has 0 aliphatic carbocycles. The van der Waals surface area contributed by atoms with Gasteiger partial charge >= 0.3 is 5.97 Å². The number of hydrogen-bond acceptors (Lipinski definition) is 6. The minimum absolute atomic E-state index is 0.0433. The molecule has 0 aliphatic heterocycles. The molecule has 8 nitrogen and oxygen atoms in total. The summed E-state index contributed by atoms with van der Waals surface area (Å²) < 4.78 is 0. The quantitative estimate of drug-likeness (QED) is 0.634. The topological polar surface area (TPSA) is 121 Å². The van der Waals surface area contributed by atoms with Crippen molar-refractivity contribution in [3.05, 3.63) is 18.5 Å². The van der Waals surface area contributed by atoms with Gasteiger partial charge < -0.3 is 10.4 Å². The van der Waals surface area contributed by atoms with Crippen molar-refractivity contribution in [3.8, 4) is 0 Å². The smallest absolute Gasteiger partial charge is 0.327 e. The maximum absolute atomic E-state index is 11.5. The third-order valence-corrected chi connectivity index (χ3v) is 3.05. The number of carbonyl (C=O) groups is 3. The number of aromatic nitrogens is 2. The number of nitrogens with zero attached hydrogens (tertiary/aromatic N) is 2. The van der Waals surface area contributed by atoms with E-state index in [4.69, 9.17) is 5.11 Å². The van der Waals surface area contributed by atoms with Crippen LogP contribution in [-0.2, 0) is 14.4 Å². The summed E-state index contributed by atoms with van der Waals surface area (Å²) >= 11 is 1.10. The molecular formula is C11H14N4O4S. The van der Waals surface area contributed by atoms with Crippen molar-refractivity contribution in [3.63, 3.8) is 0 Å². The second kappa shape index (κ2) is 8.10. The third-order valence-electron chi connectivity index (χ3n) is 2.01. The number of carbonyl (C=O) groups excluding carboxylic acids is 2. The number of hydrogen-bond donors (Lipinski definition) is 3. The second-order valence-electron chi connectivity index (χ2n) is 3.73. The molecule has 0 saturated heterocycles. The lowest BCUT2D eigenvalue weighted by Gasteiger charge is -2.12. The largest absolute Gasteiger partial charge is 0.480 e. The average molecular weight is 298 g/mol. The second-order valence-corrected chi connectivity index (χ2v) is 4.76. The van der Waals surface area contributed by atoms with Gasteiger partial charge in [-0.15, -0.1) is 11.8 Å². The fourth-order valence-corrected chi connectivity index (χ4v) is 2.05. The van der Waals surface area contributed by atoms with Gasteiger partial charge in [0.1, 0.15) is 6.04 Å². The van der Waals surface area contributed by atoms with Crippen molar-refractivity contribution in [2.24, 2.45) is 0 Å². The zero-order valence-corrected chi connectivity index (χ0v) is 11.5. The number of amides is 2. The molecule has 1 atom stereocenters. The highest BCUT2D eigenvalue weighted by Crippen LogP contribution is 2.05. The van der Waals surface area contributed by atoms with Crippen LogP contribution in [0.15, 0.2) is 18.5 Å². The van der Waals surface area contributed by atoms with E-state index in [1.54, 1.807) is 6.07 Å². The van der Waals surface area contributed by atoms with Crippen molar-refractivity contribution in [2.45, 2.75) is 13.0 Å². The summed E-state index contributed by atoms with van der Waals surface area (Å²) in [5.74, 6) is -1.58. The molecule has 0 aliphatic rings. The van der Waals surface area contributed by atoms with E-state index in [1.165, 1.54) is 19.3 Å². The molecule has 0 unspecified atom stereocenters. The van der Waals surface area contributed by atoms with E-state index in [0.717, 1.165) is 11.8 Å². The maximum atomic E-state index is 11.5. The van der Waals surface area contributed by atoms with Crippen molar-refractivity contribution in [1.29, 1.82) is 0 Å². The summed E-state index contributed by atoms with van der Waals surface area (Å²) in [7, 11) is 0. The molecule has 0 aromatic carbocycles. The van der Waals surface area contributed by atoms with E-state index < -0.39 is 17.9 Å². The van der Waals surface area contributed by atoms with Gasteiger partial charge in [0.2, 0.25) is 17.8 Å². The summed E-state index contributed by atoms with van der Waals surface area (Å²) in [6, 6.07) is 0.605. The number of rotatable bonds is 7. The lowest BCUT2D eigenvalue weighted by molar-refractivity contribution is -0.140. The molecular weight excluding hydrogens is 284 g/mol. The van der Waals surface area contributed by atoms with E-state index in [2.05, 4.69) is 20.6 Å². The van der Waals surface area contributed by atoms with E-state index >= 15 is 0 Å². The highest BCUT2D eigenvalue weighted by Gasteiger charge is 2.18. The summed E-state index contributed by atoms with van der Waals surface area (Å²) in [6.45, 7) is 1.24. The van der Waals surface area contributed by atoms with Gasteiger partial charge in [-0.25, -0.2) is 14.8 Å². The lowest BCUT2D eigenvalue weighted by atomic mass is 10.3. The number of anilines is 1. The van der Waals surface area contributed by atoms with Gasteiger partial charge in [-0.1, -0.05) is 0 Å². The van der Waals surface area contributed by atoms with Gasteiger partial charge in [0.15, 0.2) is 0 Å². The van der Waals surface area contributed by atoms with Crippen LogP contribution in [0.4, 0.5) is 5.95 Å². The van der Waals surface area contributed by atoms with E-state index in [-0.39, 0.29) is 23.4 Å². The Kier molecular flexibility index (Phi) is 6.44. The van der Waals surface area contributed by atoms with Crippen LogP contribution in [0.25, 0.3) is 0 Å². The standard InChI is InChI=1S/C11H14N4O4S/c1-7(16)14-8(10(18)19)5-20-6-9(17)15-11-12-3-2-4-13-11/h2-4,8H,5-6H2,1H3,(H,14,16)(H,18,19)(H,12,13,15,17)/t8-/m0/s1. The minimum atomic E-state index is -1.14. The van der Waals surface area contributed by atoms with Crippen LogP contribution in [0.5, 0.6) is 0 Å². The highest BCUT2D eigenvalue weighted by atomic mass is 32.2. The Morgan fingerprint density at radius 1 is 1.35 bits per heavy atom. The predicted molar refractivity (Wildman–Crippen MR) is 73.2 cm³/mol. The zero-order chi connectivity index (χ0) is 15.0. The van der Waals surface area contributed by atoms with E-state index in [0.29, 0.717) is 0 Å². The van der Waals surface area contributed by atoms with Crippen LogP contribution < -0.4 is 10.6 Å². The molecule has 3 N–H and O–H groups in total. The monoisotopic (exact) mass is 298 g/mol.